The third-order valence-electron chi connectivity index (χ3n) is 1.76. The van der Waals surface area contributed by atoms with E-state index in [1.165, 1.54) is 18.4 Å². The van der Waals surface area contributed by atoms with Gasteiger partial charge in [0.15, 0.2) is 6.29 Å². The molecule has 0 aromatic carbocycles. The van der Waals surface area contributed by atoms with Crippen molar-refractivity contribution < 1.29 is 17.9 Å². The molecule has 0 aliphatic rings. The molecule has 0 atom stereocenters. The summed E-state index contributed by atoms with van der Waals surface area (Å²) in [4.78, 5) is 11.0. The fourth-order valence-corrected chi connectivity index (χ4v) is 1.74. The lowest BCUT2D eigenvalue weighted by Gasteiger charge is -1.97. The quantitative estimate of drug-likeness (QED) is 0.848. The van der Waals surface area contributed by atoms with E-state index in [1.54, 1.807) is 13.0 Å². The van der Waals surface area contributed by atoms with Gasteiger partial charge in [0.1, 0.15) is 10.6 Å². The number of aldehydes is 1. The fraction of sp³-hybridized carbons (Fsp3) is 0.583. The van der Waals surface area contributed by atoms with Crippen molar-refractivity contribution in [2.75, 3.05) is 19.4 Å². The molecular formula is C12H23NO4S2. The van der Waals surface area contributed by atoms with Crippen LogP contribution in [-0.2, 0) is 10.0 Å². The zero-order valence-electron chi connectivity index (χ0n) is 12.1. The van der Waals surface area contributed by atoms with E-state index in [-0.39, 0.29) is 5.75 Å². The number of nitrogens with one attached hydrogen (secondary N) is 1. The summed E-state index contributed by atoms with van der Waals surface area (Å²) in [6.07, 6.45) is 0.815. The third-order valence-corrected chi connectivity index (χ3v) is 3.96. The number of hydrogen-bond acceptors (Lipinski definition) is 5. The van der Waals surface area contributed by atoms with Gasteiger partial charge in [0.05, 0.1) is 12.4 Å². The van der Waals surface area contributed by atoms with Crippen LogP contribution >= 0.6 is 11.3 Å². The third kappa shape index (κ3) is 9.63. The van der Waals surface area contributed by atoms with Gasteiger partial charge < -0.3 is 4.74 Å². The molecule has 1 rings (SSSR count). The lowest BCUT2D eigenvalue weighted by molar-refractivity contribution is 0.112. The summed E-state index contributed by atoms with van der Waals surface area (Å²) in [5.41, 5.74) is 0. The summed E-state index contributed by atoms with van der Waals surface area (Å²) in [7, 11) is -1.51. The van der Waals surface area contributed by atoms with Gasteiger partial charge in [-0.25, -0.2) is 13.1 Å². The normalized spacial score (nSPS) is 9.53. The summed E-state index contributed by atoms with van der Waals surface area (Å²) in [5, 5.41) is 1.84. The molecule has 0 saturated carbocycles. The first-order valence-electron chi connectivity index (χ1n) is 6.07. The number of carbonyl (C=O) groups is 1. The lowest BCUT2D eigenvalue weighted by Crippen LogP contribution is -2.19. The highest BCUT2D eigenvalue weighted by Crippen LogP contribution is 2.22. The van der Waals surface area contributed by atoms with E-state index in [2.05, 4.69) is 4.72 Å². The predicted octanol–water partition coefficient (Wildman–Crippen LogP) is 2.54. The van der Waals surface area contributed by atoms with Gasteiger partial charge in [-0.15, -0.1) is 11.3 Å². The van der Waals surface area contributed by atoms with Crippen molar-refractivity contribution in [1.82, 2.24) is 4.72 Å². The van der Waals surface area contributed by atoms with Crippen LogP contribution in [0, 0.1) is 0 Å². The molecule has 0 aliphatic carbocycles. The highest BCUT2D eigenvalue weighted by molar-refractivity contribution is 7.89. The summed E-state index contributed by atoms with van der Waals surface area (Å²) in [6.45, 7) is 8.09. The maximum atomic E-state index is 10.3. The van der Waals surface area contributed by atoms with Gasteiger partial charge in [-0.1, -0.05) is 13.8 Å². The van der Waals surface area contributed by atoms with Gasteiger partial charge in [0.25, 0.3) is 0 Å². The molecule has 0 spiro atoms. The average Bonchev–Trinajstić information content (AvgIpc) is 2.89. The minimum atomic E-state index is -2.91. The van der Waals surface area contributed by atoms with Crippen LogP contribution in [0.1, 0.15) is 37.4 Å². The van der Waals surface area contributed by atoms with Gasteiger partial charge in [0, 0.05) is 0 Å². The Kier molecular flexibility index (Phi) is 13.0. The molecule has 5 nitrogen and oxygen atoms in total. The van der Waals surface area contributed by atoms with Crippen molar-refractivity contribution in [1.29, 1.82) is 0 Å². The Labute approximate surface area is 120 Å². The largest absolute Gasteiger partial charge is 0.492 e. The maximum absolute atomic E-state index is 10.3. The molecule has 1 aromatic rings. The second-order valence-corrected chi connectivity index (χ2v) is 5.97. The maximum Gasteiger partial charge on any atom is 0.211 e. The minimum absolute atomic E-state index is 0.156. The Balaban J connectivity index is 0. The second-order valence-electron chi connectivity index (χ2n) is 2.81. The molecule has 0 unspecified atom stereocenters. The first-order chi connectivity index (χ1) is 9.00. The van der Waals surface area contributed by atoms with Crippen molar-refractivity contribution in [3.63, 3.8) is 0 Å². The Hall–Kier alpha value is -0.920. The number of carbonyl (C=O) groups excluding carboxylic acids is 1. The lowest BCUT2D eigenvalue weighted by atomic mass is 10.4. The van der Waals surface area contributed by atoms with Crippen molar-refractivity contribution in [3.8, 4) is 5.75 Å². The van der Waals surface area contributed by atoms with Crippen LogP contribution in [0.4, 0.5) is 0 Å². The molecule has 0 fully saturated rings. The van der Waals surface area contributed by atoms with Crippen molar-refractivity contribution in [2.45, 2.75) is 27.7 Å². The first-order valence-corrected chi connectivity index (χ1v) is 8.60. The van der Waals surface area contributed by atoms with E-state index in [1.807, 2.05) is 26.2 Å². The molecule has 0 saturated heterocycles. The Morgan fingerprint density at radius 1 is 1.37 bits per heavy atom. The van der Waals surface area contributed by atoms with Gasteiger partial charge in [-0.3, -0.25) is 4.79 Å². The zero-order valence-corrected chi connectivity index (χ0v) is 13.7. The molecule has 1 N–H and O–H groups in total. The molecule has 19 heavy (non-hydrogen) atoms. The molecule has 1 heterocycles. The smallest absolute Gasteiger partial charge is 0.211 e. The summed E-state index contributed by atoms with van der Waals surface area (Å²) in [6, 6.07) is 1.80. The van der Waals surface area contributed by atoms with Crippen LogP contribution in [0.15, 0.2) is 11.4 Å². The molecule has 0 bridgehead atoms. The molecule has 1 aromatic heterocycles. The molecule has 0 radical (unpaired) electrons. The van der Waals surface area contributed by atoms with Crippen molar-refractivity contribution >= 4 is 27.6 Å². The van der Waals surface area contributed by atoms with E-state index in [9.17, 15) is 13.2 Å². The van der Waals surface area contributed by atoms with Crippen LogP contribution < -0.4 is 9.46 Å². The van der Waals surface area contributed by atoms with Crippen molar-refractivity contribution in [2.24, 2.45) is 0 Å². The fourth-order valence-electron chi connectivity index (χ4n) is 0.814. The first kappa shape index (κ1) is 20.4. The summed E-state index contributed by atoms with van der Waals surface area (Å²) in [5.74, 6) is 0.853. The SMILES string of the molecule is CC.CCOc1ccsc1C=O.CCS(=O)(=O)NC. The molecular weight excluding hydrogens is 286 g/mol. The van der Waals surface area contributed by atoms with E-state index in [0.717, 1.165) is 6.29 Å². The van der Waals surface area contributed by atoms with E-state index in [0.29, 0.717) is 17.2 Å². The Bertz CT molecular complexity index is 417. The van der Waals surface area contributed by atoms with Crippen LogP contribution in [0.3, 0.4) is 0 Å². The van der Waals surface area contributed by atoms with E-state index < -0.39 is 10.0 Å². The molecule has 0 aliphatic heterocycles. The highest BCUT2D eigenvalue weighted by Gasteiger charge is 2.01. The number of thiophene rings is 1. The number of ether oxygens (including phenoxy) is 1. The van der Waals surface area contributed by atoms with Gasteiger partial charge in [-0.2, -0.15) is 0 Å². The van der Waals surface area contributed by atoms with E-state index in [4.69, 9.17) is 4.74 Å². The monoisotopic (exact) mass is 309 g/mol. The standard InChI is InChI=1S/C7H8O2S.C3H9NO2S.C2H6/c1-2-9-6-3-4-10-7(6)5-8;1-3-7(5,6)4-2;1-2/h3-5H,2H2,1H3;4H,3H2,1-2H3;1-2H3. The molecule has 112 valence electrons. The zero-order chi connectivity index (χ0) is 15.3. The Morgan fingerprint density at radius 3 is 2.26 bits per heavy atom. The number of hydrogen-bond donors (Lipinski definition) is 1. The predicted molar refractivity (Wildman–Crippen MR) is 80.7 cm³/mol. The number of rotatable bonds is 5. The van der Waals surface area contributed by atoms with Gasteiger partial charge >= 0.3 is 0 Å². The number of sulfonamides is 1. The summed E-state index contributed by atoms with van der Waals surface area (Å²) >= 11 is 1.40. The van der Waals surface area contributed by atoms with Gasteiger partial charge in [-0.05, 0) is 32.3 Å². The Morgan fingerprint density at radius 2 is 1.95 bits per heavy atom. The second kappa shape index (κ2) is 12.1. The van der Waals surface area contributed by atoms with Crippen LogP contribution in [0.2, 0.25) is 0 Å². The summed E-state index contributed by atoms with van der Waals surface area (Å²) < 4.78 is 27.8. The van der Waals surface area contributed by atoms with Crippen LogP contribution in [0.5, 0.6) is 5.75 Å². The highest BCUT2D eigenvalue weighted by atomic mass is 32.2. The average molecular weight is 309 g/mol. The van der Waals surface area contributed by atoms with Crippen molar-refractivity contribution in [3.05, 3.63) is 16.3 Å². The van der Waals surface area contributed by atoms with E-state index >= 15 is 0 Å². The topological polar surface area (TPSA) is 72.5 Å². The van der Waals surface area contributed by atoms with Crippen LogP contribution in [-0.4, -0.2) is 34.1 Å². The molecule has 7 heteroatoms. The van der Waals surface area contributed by atoms with Crippen LogP contribution in [0.25, 0.3) is 0 Å². The van der Waals surface area contributed by atoms with Gasteiger partial charge in [0.2, 0.25) is 10.0 Å². The minimum Gasteiger partial charge on any atom is -0.492 e. The molecule has 0 amide bonds.